The maximum Gasteiger partial charge on any atom is 0.283 e. The fourth-order valence-corrected chi connectivity index (χ4v) is 1.19. The van der Waals surface area contributed by atoms with E-state index in [0.717, 1.165) is 16.7 Å². The molecule has 0 aliphatic rings. The van der Waals surface area contributed by atoms with Crippen molar-refractivity contribution < 1.29 is 4.79 Å². The lowest BCUT2D eigenvalue weighted by Crippen LogP contribution is -2.10. The zero-order valence-corrected chi connectivity index (χ0v) is 6.94. The second-order valence-corrected chi connectivity index (χ2v) is 2.92. The average Bonchev–Trinajstić information content (AvgIpc) is 2.06. The maximum absolute atomic E-state index is 10.8. The fourth-order valence-electron chi connectivity index (χ4n) is 0.598. The summed E-state index contributed by atoms with van der Waals surface area (Å²) in [7, 11) is 1.61. The summed E-state index contributed by atoms with van der Waals surface area (Å²) in [6.07, 6.45) is 0. The molecule has 1 N–H and O–H groups in total. The van der Waals surface area contributed by atoms with Crippen molar-refractivity contribution in [1.82, 2.24) is 5.32 Å². The molecule has 0 heterocycles. The molecule has 1 amide bonds. The molecule has 0 atom stereocenters. The molecular formula is C8H8NOS. The Hall–Kier alpha value is -0.960. The van der Waals surface area contributed by atoms with Gasteiger partial charge in [-0.3, -0.25) is 4.79 Å². The van der Waals surface area contributed by atoms with E-state index in [2.05, 4.69) is 11.4 Å². The van der Waals surface area contributed by atoms with Crippen LogP contribution in [-0.4, -0.2) is 12.3 Å². The SMILES string of the molecule is CNC(=O)Sc1c[c]ccc1. The Balaban J connectivity index is 2.58. The Kier molecular flexibility index (Phi) is 2.98. The lowest BCUT2D eigenvalue weighted by atomic mass is 10.4. The molecule has 1 rings (SSSR count). The Morgan fingerprint density at radius 2 is 2.55 bits per heavy atom. The van der Waals surface area contributed by atoms with Crippen LogP contribution in [0.5, 0.6) is 0 Å². The lowest BCUT2D eigenvalue weighted by molar-refractivity contribution is 0.262. The van der Waals surface area contributed by atoms with Crippen molar-refractivity contribution >= 4 is 17.0 Å². The van der Waals surface area contributed by atoms with Crippen LogP contribution in [0.3, 0.4) is 0 Å². The number of benzene rings is 1. The first-order chi connectivity index (χ1) is 5.33. The van der Waals surface area contributed by atoms with Crippen LogP contribution >= 0.6 is 11.8 Å². The molecule has 57 valence electrons. The van der Waals surface area contributed by atoms with E-state index in [1.807, 2.05) is 12.1 Å². The Morgan fingerprint density at radius 3 is 3.09 bits per heavy atom. The highest BCUT2D eigenvalue weighted by atomic mass is 32.2. The minimum atomic E-state index is -0.0513. The first-order valence-corrected chi connectivity index (χ1v) is 4.00. The number of rotatable bonds is 1. The number of carbonyl (C=O) groups excluding carboxylic acids is 1. The summed E-state index contributed by atoms with van der Waals surface area (Å²) in [5, 5.41) is 2.47. The van der Waals surface area contributed by atoms with E-state index in [4.69, 9.17) is 0 Å². The molecule has 1 aromatic carbocycles. The third kappa shape index (κ3) is 2.63. The molecular weight excluding hydrogens is 158 g/mol. The van der Waals surface area contributed by atoms with Crippen molar-refractivity contribution in [3.05, 3.63) is 30.3 Å². The van der Waals surface area contributed by atoms with Crippen molar-refractivity contribution in [2.75, 3.05) is 7.05 Å². The third-order valence-electron chi connectivity index (χ3n) is 1.09. The smallest absolute Gasteiger partial charge is 0.283 e. The van der Waals surface area contributed by atoms with Crippen LogP contribution < -0.4 is 5.32 Å². The van der Waals surface area contributed by atoms with Crippen LogP contribution in [0.25, 0.3) is 0 Å². The van der Waals surface area contributed by atoms with Crippen LogP contribution in [0.2, 0.25) is 0 Å². The zero-order chi connectivity index (χ0) is 8.10. The largest absolute Gasteiger partial charge is 0.350 e. The van der Waals surface area contributed by atoms with Gasteiger partial charge >= 0.3 is 0 Å². The number of hydrogen-bond acceptors (Lipinski definition) is 2. The van der Waals surface area contributed by atoms with Crippen LogP contribution in [0.1, 0.15) is 0 Å². The van der Waals surface area contributed by atoms with E-state index in [1.165, 1.54) is 0 Å². The van der Waals surface area contributed by atoms with E-state index in [-0.39, 0.29) is 5.24 Å². The summed E-state index contributed by atoms with van der Waals surface area (Å²) in [6.45, 7) is 0. The topological polar surface area (TPSA) is 29.1 Å². The van der Waals surface area contributed by atoms with Crippen molar-refractivity contribution in [2.24, 2.45) is 0 Å². The summed E-state index contributed by atoms with van der Waals surface area (Å²) in [5.41, 5.74) is 0. The van der Waals surface area contributed by atoms with Gasteiger partial charge in [-0.05, 0) is 30.0 Å². The summed E-state index contributed by atoms with van der Waals surface area (Å²) in [4.78, 5) is 11.7. The molecule has 0 unspecified atom stereocenters. The van der Waals surface area contributed by atoms with Crippen molar-refractivity contribution in [3.63, 3.8) is 0 Å². The predicted octanol–water partition coefficient (Wildman–Crippen LogP) is 1.92. The normalized spacial score (nSPS) is 9.18. The average molecular weight is 166 g/mol. The minimum absolute atomic E-state index is 0.0513. The molecule has 0 aliphatic carbocycles. The predicted molar refractivity (Wildman–Crippen MR) is 45.6 cm³/mol. The van der Waals surface area contributed by atoms with Gasteiger partial charge in [0.2, 0.25) is 0 Å². The summed E-state index contributed by atoms with van der Waals surface area (Å²) in [6, 6.07) is 10.2. The quantitative estimate of drug-likeness (QED) is 0.646. The van der Waals surface area contributed by atoms with Gasteiger partial charge in [0.15, 0.2) is 0 Å². The molecule has 1 radical (unpaired) electrons. The molecule has 1 aromatic rings. The van der Waals surface area contributed by atoms with Gasteiger partial charge < -0.3 is 5.32 Å². The van der Waals surface area contributed by atoms with E-state index < -0.39 is 0 Å². The van der Waals surface area contributed by atoms with E-state index in [1.54, 1.807) is 19.2 Å². The van der Waals surface area contributed by atoms with Gasteiger partial charge in [-0.15, -0.1) is 0 Å². The van der Waals surface area contributed by atoms with Gasteiger partial charge in [0.05, 0.1) is 0 Å². The molecule has 0 saturated carbocycles. The molecule has 0 bridgehead atoms. The zero-order valence-electron chi connectivity index (χ0n) is 6.13. The van der Waals surface area contributed by atoms with Gasteiger partial charge in [0, 0.05) is 11.9 Å². The number of hydrogen-bond donors (Lipinski definition) is 1. The second kappa shape index (κ2) is 4.03. The van der Waals surface area contributed by atoms with Crippen LogP contribution in [0.4, 0.5) is 4.79 Å². The molecule has 0 saturated heterocycles. The molecule has 0 spiro atoms. The highest BCUT2D eigenvalue weighted by Gasteiger charge is 1.98. The Bertz CT molecular complexity index is 235. The van der Waals surface area contributed by atoms with E-state index in [9.17, 15) is 4.79 Å². The molecule has 11 heavy (non-hydrogen) atoms. The summed E-state index contributed by atoms with van der Waals surface area (Å²) < 4.78 is 0. The van der Waals surface area contributed by atoms with Crippen molar-refractivity contribution in [1.29, 1.82) is 0 Å². The Morgan fingerprint density at radius 1 is 1.73 bits per heavy atom. The number of nitrogens with one attached hydrogen (secondary N) is 1. The summed E-state index contributed by atoms with van der Waals surface area (Å²) >= 11 is 1.16. The van der Waals surface area contributed by atoms with Gasteiger partial charge in [-0.25, -0.2) is 0 Å². The first-order valence-electron chi connectivity index (χ1n) is 3.18. The van der Waals surface area contributed by atoms with E-state index >= 15 is 0 Å². The standard InChI is InChI=1S/C8H8NOS/c1-9-8(10)11-7-5-3-2-4-6-7/h2-3,5-6H,1H3,(H,9,10). The van der Waals surface area contributed by atoms with Gasteiger partial charge in [-0.1, -0.05) is 12.1 Å². The number of thioether (sulfide) groups is 1. The van der Waals surface area contributed by atoms with Gasteiger partial charge in [0.1, 0.15) is 0 Å². The Labute approximate surface area is 70.0 Å². The lowest BCUT2D eigenvalue weighted by Gasteiger charge is -1.96. The van der Waals surface area contributed by atoms with Crippen molar-refractivity contribution in [3.8, 4) is 0 Å². The number of amides is 1. The fraction of sp³-hybridized carbons (Fsp3) is 0.125. The monoisotopic (exact) mass is 166 g/mol. The van der Waals surface area contributed by atoms with Gasteiger partial charge in [-0.2, -0.15) is 0 Å². The first kappa shape index (κ1) is 8.14. The van der Waals surface area contributed by atoms with Crippen molar-refractivity contribution in [2.45, 2.75) is 4.90 Å². The maximum atomic E-state index is 10.8. The minimum Gasteiger partial charge on any atom is -0.350 e. The van der Waals surface area contributed by atoms with E-state index in [0.29, 0.717) is 0 Å². The molecule has 0 fully saturated rings. The molecule has 2 nitrogen and oxygen atoms in total. The molecule has 3 heteroatoms. The third-order valence-corrected chi connectivity index (χ3v) is 1.97. The van der Waals surface area contributed by atoms with Gasteiger partial charge in [0.25, 0.3) is 5.24 Å². The van der Waals surface area contributed by atoms with Crippen LogP contribution in [0.15, 0.2) is 29.2 Å². The second-order valence-electron chi connectivity index (χ2n) is 1.88. The van der Waals surface area contributed by atoms with Crippen LogP contribution in [-0.2, 0) is 0 Å². The highest BCUT2D eigenvalue weighted by molar-refractivity contribution is 8.13. The highest BCUT2D eigenvalue weighted by Crippen LogP contribution is 2.16. The van der Waals surface area contributed by atoms with Crippen LogP contribution in [0, 0.1) is 6.07 Å². The molecule has 0 aromatic heterocycles. The molecule has 0 aliphatic heterocycles. The summed E-state index contributed by atoms with van der Waals surface area (Å²) in [5.74, 6) is 0. The number of carbonyl (C=O) groups is 1.